The average Bonchev–Trinajstić information content (AvgIpc) is 2.90. The van der Waals surface area contributed by atoms with Gasteiger partial charge in [0.15, 0.2) is 0 Å². The van der Waals surface area contributed by atoms with Crippen LogP contribution >= 0.6 is 34.8 Å². The monoisotopic (exact) mass is 677 g/mol. The number of alkyl halides is 3. The van der Waals surface area contributed by atoms with Crippen molar-refractivity contribution >= 4 is 62.3 Å². The number of benzene rings is 3. The smallest absolute Gasteiger partial charge is 0.352 e. The summed E-state index contributed by atoms with van der Waals surface area (Å²) in [4.78, 5) is 28.8. The summed E-state index contributed by atoms with van der Waals surface area (Å²) in [5.41, 5.74) is -0.507. The second-order valence-corrected chi connectivity index (χ2v) is 13.2. The molecular weight excluding hydrogens is 650 g/mol. The third-order valence-corrected chi connectivity index (χ3v) is 8.45. The lowest BCUT2D eigenvalue weighted by molar-refractivity contribution is -0.140. The van der Waals surface area contributed by atoms with E-state index in [1.807, 2.05) is 0 Å². The molecule has 3 rings (SSSR count). The third-order valence-electron chi connectivity index (χ3n) is 6.26. The molecule has 0 saturated carbocycles. The maximum absolute atomic E-state index is 14.1. The predicted octanol–water partition coefficient (Wildman–Crippen LogP) is 6.60. The first kappa shape index (κ1) is 34.5. The Morgan fingerprint density at radius 3 is 2.07 bits per heavy atom. The molecule has 0 fully saturated rings. The van der Waals surface area contributed by atoms with E-state index in [2.05, 4.69) is 5.32 Å². The van der Waals surface area contributed by atoms with Gasteiger partial charge in [-0.15, -0.1) is 0 Å². The minimum Gasteiger partial charge on any atom is -0.352 e. The molecule has 43 heavy (non-hydrogen) atoms. The van der Waals surface area contributed by atoms with Gasteiger partial charge in [0.1, 0.15) is 12.6 Å². The SMILES string of the molecule is CC(C)NC(=O)[C@H](Cc1ccccc1)N(Cc1ccc(Cl)c(Cl)c1)C(=O)CN(c1cc(C(F)(F)F)ccc1Cl)S(C)(=O)=O. The lowest BCUT2D eigenvalue weighted by Gasteiger charge is -2.34. The van der Waals surface area contributed by atoms with Crippen LogP contribution in [-0.4, -0.2) is 50.0 Å². The molecule has 0 saturated heterocycles. The van der Waals surface area contributed by atoms with E-state index in [0.29, 0.717) is 27.6 Å². The zero-order valence-electron chi connectivity index (χ0n) is 23.3. The minimum atomic E-state index is -4.80. The van der Waals surface area contributed by atoms with Gasteiger partial charge in [0.05, 0.1) is 32.6 Å². The molecule has 2 amide bonds. The molecule has 1 N–H and O–H groups in total. The molecule has 0 spiro atoms. The number of nitrogens with zero attached hydrogens (tertiary/aromatic N) is 2. The molecule has 3 aromatic carbocycles. The average molecular weight is 679 g/mol. The summed E-state index contributed by atoms with van der Waals surface area (Å²) >= 11 is 18.4. The van der Waals surface area contributed by atoms with Gasteiger partial charge in [0, 0.05) is 19.0 Å². The number of carbonyl (C=O) groups excluding carboxylic acids is 2. The van der Waals surface area contributed by atoms with Crippen LogP contribution in [0, 0.1) is 0 Å². The molecule has 0 aromatic heterocycles. The van der Waals surface area contributed by atoms with Crippen molar-refractivity contribution in [1.82, 2.24) is 10.2 Å². The molecule has 7 nitrogen and oxygen atoms in total. The van der Waals surface area contributed by atoms with Crippen LogP contribution in [0.5, 0.6) is 0 Å². The van der Waals surface area contributed by atoms with Crippen molar-refractivity contribution in [2.75, 3.05) is 17.1 Å². The Kier molecular flexibility index (Phi) is 11.4. The molecule has 0 radical (unpaired) electrons. The van der Waals surface area contributed by atoms with E-state index < -0.39 is 51.9 Å². The number of hydrogen-bond acceptors (Lipinski definition) is 4. The molecule has 232 valence electrons. The summed E-state index contributed by atoms with van der Waals surface area (Å²) in [6.07, 6.45) is -4.01. The van der Waals surface area contributed by atoms with Gasteiger partial charge in [-0.3, -0.25) is 13.9 Å². The first-order valence-electron chi connectivity index (χ1n) is 12.9. The lowest BCUT2D eigenvalue weighted by atomic mass is 10.0. The van der Waals surface area contributed by atoms with E-state index in [0.717, 1.165) is 12.3 Å². The number of hydrogen-bond donors (Lipinski definition) is 1. The van der Waals surface area contributed by atoms with Crippen LogP contribution in [-0.2, 0) is 38.8 Å². The Morgan fingerprint density at radius 1 is 0.884 bits per heavy atom. The van der Waals surface area contributed by atoms with Gasteiger partial charge in [0.25, 0.3) is 0 Å². The first-order valence-corrected chi connectivity index (χ1v) is 15.9. The largest absolute Gasteiger partial charge is 0.416 e. The Hall–Kier alpha value is -2.99. The number of carbonyl (C=O) groups is 2. The van der Waals surface area contributed by atoms with E-state index in [9.17, 15) is 31.2 Å². The van der Waals surface area contributed by atoms with Crippen molar-refractivity contribution < 1.29 is 31.2 Å². The summed E-state index contributed by atoms with van der Waals surface area (Å²) < 4.78 is 66.8. The molecule has 0 bridgehead atoms. The molecule has 0 aliphatic heterocycles. The third kappa shape index (κ3) is 9.50. The maximum Gasteiger partial charge on any atom is 0.416 e. The predicted molar refractivity (Wildman–Crippen MR) is 163 cm³/mol. The van der Waals surface area contributed by atoms with Crippen LogP contribution in [0.2, 0.25) is 15.1 Å². The fourth-order valence-corrected chi connectivity index (χ4v) is 5.69. The van der Waals surface area contributed by atoms with Crippen molar-refractivity contribution in [2.24, 2.45) is 0 Å². The highest BCUT2D eigenvalue weighted by molar-refractivity contribution is 7.92. The molecule has 3 aromatic rings. The van der Waals surface area contributed by atoms with E-state index >= 15 is 0 Å². The van der Waals surface area contributed by atoms with Crippen molar-refractivity contribution in [3.05, 3.63) is 98.5 Å². The van der Waals surface area contributed by atoms with Crippen LogP contribution in [0.3, 0.4) is 0 Å². The topological polar surface area (TPSA) is 86.8 Å². The molecule has 1 atom stereocenters. The molecule has 0 aliphatic rings. The van der Waals surface area contributed by atoms with Gasteiger partial charge >= 0.3 is 6.18 Å². The highest BCUT2D eigenvalue weighted by Crippen LogP contribution is 2.36. The number of amides is 2. The highest BCUT2D eigenvalue weighted by atomic mass is 35.5. The van der Waals surface area contributed by atoms with Crippen LogP contribution in [0.1, 0.15) is 30.5 Å². The number of nitrogens with one attached hydrogen (secondary N) is 1. The van der Waals surface area contributed by atoms with Gasteiger partial charge < -0.3 is 10.2 Å². The Labute approximate surface area is 263 Å². The first-order chi connectivity index (χ1) is 20.0. The molecule has 0 aliphatic carbocycles. The Balaban J connectivity index is 2.13. The van der Waals surface area contributed by atoms with Gasteiger partial charge in [-0.2, -0.15) is 13.2 Å². The van der Waals surface area contributed by atoms with Crippen molar-refractivity contribution in [3.8, 4) is 0 Å². The van der Waals surface area contributed by atoms with Gasteiger partial charge in [-0.25, -0.2) is 8.42 Å². The maximum atomic E-state index is 14.1. The summed E-state index contributed by atoms with van der Waals surface area (Å²) in [6.45, 7) is 2.33. The van der Waals surface area contributed by atoms with E-state index in [4.69, 9.17) is 34.8 Å². The zero-order valence-corrected chi connectivity index (χ0v) is 26.4. The molecule has 0 heterocycles. The van der Waals surface area contributed by atoms with Gasteiger partial charge in [0.2, 0.25) is 21.8 Å². The van der Waals surface area contributed by atoms with Crippen molar-refractivity contribution in [2.45, 2.75) is 45.1 Å². The Bertz CT molecular complexity index is 1570. The number of anilines is 1. The Morgan fingerprint density at radius 2 is 1.51 bits per heavy atom. The normalized spacial score (nSPS) is 12.6. The molecule has 0 unspecified atom stereocenters. The second kappa shape index (κ2) is 14.2. The number of halogens is 6. The minimum absolute atomic E-state index is 0.0512. The summed E-state index contributed by atoms with van der Waals surface area (Å²) in [5, 5.41) is 2.92. The number of sulfonamides is 1. The fourth-order valence-electron chi connectivity index (χ4n) is 4.24. The molecule has 14 heteroatoms. The van der Waals surface area contributed by atoms with Gasteiger partial charge in [-0.05, 0) is 55.3 Å². The highest BCUT2D eigenvalue weighted by Gasteiger charge is 2.36. The van der Waals surface area contributed by atoms with Crippen molar-refractivity contribution in [3.63, 3.8) is 0 Å². The lowest BCUT2D eigenvalue weighted by Crippen LogP contribution is -2.54. The quantitative estimate of drug-likeness (QED) is 0.248. The fraction of sp³-hybridized carbons (Fsp3) is 0.310. The second-order valence-electron chi connectivity index (χ2n) is 10.1. The zero-order chi connectivity index (χ0) is 32.1. The van der Waals surface area contributed by atoms with Crippen molar-refractivity contribution in [1.29, 1.82) is 0 Å². The number of rotatable bonds is 11. The van der Waals surface area contributed by atoms with Crippen LogP contribution in [0.25, 0.3) is 0 Å². The summed E-state index contributed by atoms with van der Waals surface area (Å²) in [7, 11) is -4.35. The van der Waals surface area contributed by atoms with E-state index in [1.165, 1.54) is 17.0 Å². The van der Waals surface area contributed by atoms with E-state index in [1.54, 1.807) is 50.2 Å². The van der Waals surface area contributed by atoms with Crippen LogP contribution < -0.4 is 9.62 Å². The molecular formula is C29H29Cl3F3N3O4S. The summed E-state index contributed by atoms with van der Waals surface area (Å²) in [5.74, 6) is -1.39. The van der Waals surface area contributed by atoms with Crippen LogP contribution in [0.15, 0.2) is 66.7 Å². The standard InChI is InChI=1S/C29H29Cl3F3N3O4S/c1-18(2)36-28(40)26(14-19-7-5-4-6-8-19)37(16-20-9-11-22(30)24(32)13-20)27(39)17-38(43(3,41)42)25-15-21(29(33,34)35)10-12-23(25)31/h4-13,15,18,26H,14,16-17H2,1-3H3,(H,36,40)/t26-/m0/s1. The van der Waals surface area contributed by atoms with Gasteiger partial charge in [-0.1, -0.05) is 71.2 Å². The van der Waals surface area contributed by atoms with E-state index in [-0.39, 0.29) is 34.1 Å². The van der Waals surface area contributed by atoms with Crippen LogP contribution in [0.4, 0.5) is 18.9 Å². The summed E-state index contributed by atoms with van der Waals surface area (Å²) in [6, 6.07) is 14.2.